The minimum absolute atomic E-state index is 0.0387. The van der Waals surface area contributed by atoms with Crippen LogP contribution in [0.15, 0.2) is 23.6 Å². The van der Waals surface area contributed by atoms with Gasteiger partial charge in [-0.3, -0.25) is 25.1 Å². The number of amides is 1. The summed E-state index contributed by atoms with van der Waals surface area (Å²) in [5.74, 6) is -0.432. The Morgan fingerprint density at radius 2 is 2.12 bits per heavy atom. The molecule has 1 aromatic heterocycles. The molecule has 0 spiro atoms. The number of carbonyl (C=O) groups is 1. The number of halogens is 1. The maximum atomic E-state index is 12.3. The number of thiazole rings is 1. The average Bonchev–Trinajstić information content (AvgIpc) is 3.02. The minimum atomic E-state index is -0.554. The summed E-state index contributed by atoms with van der Waals surface area (Å²) in [5, 5.41) is 15.9. The third-order valence-electron chi connectivity index (χ3n) is 4.01. The van der Waals surface area contributed by atoms with Gasteiger partial charge in [-0.2, -0.15) is 0 Å². The summed E-state index contributed by atoms with van der Waals surface area (Å²) in [6.07, 6.45) is 3.71. The van der Waals surface area contributed by atoms with Crippen molar-refractivity contribution in [1.29, 1.82) is 0 Å². The van der Waals surface area contributed by atoms with Crippen LogP contribution in [0.4, 0.5) is 10.8 Å². The van der Waals surface area contributed by atoms with Crippen molar-refractivity contribution in [2.75, 3.05) is 18.4 Å². The molecule has 2 aromatic rings. The fourth-order valence-corrected chi connectivity index (χ4v) is 3.71. The lowest BCUT2D eigenvalue weighted by molar-refractivity contribution is -0.384. The van der Waals surface area contributed by atoms with Crippen LogP contribution in [-0.4, -0.2) is 33.8 Å². The van der Waals surface area contributed by atoms with Crippen molar-refractivity contribution in [1.82, 2.24) is 9.88 Å². The zero-order valence-corrected chi connectivity index (χ0v) is 15.0. The van der Waals surface area contributed by atoms with Crippen molar-refractivity contribution in [2.24, 2.45) is 0 Å². The van der Waals surface area contributed by atoms with Crippen LogP contribution < -0.4 is 5.32 Å². The topological polar surface area (TPSA) is 88.4 Å². The molecule has 1 amide bonds. The number of carbonyl (C=O) groups excluding carboxylic acids is 1. The standard InChI is InChI=1S/C16H17ClN4O3S/c17-14-8-12(21(23)24)4-5-13(14)15(22)19-16-18-11(10-25-16)9-20-6-2-1-3-7-20/h4-5,8,10H,1-3,6-7,9H2,(H,18,19,22). The molecule has 0 unspecified atom stereocenters. The molecular weight excluding hydrogens is 364 g/mol. The maximum absolute atomic E-state index is 12.3. The van der Waals surface area contributed by atoms with Gasteiger partial charge in [-0.25, -0.2) is 4.98 Å². The molecule has 1 aliphatic heterocycles. The summed E-state index contributed by atoms with van der Waals surface area (Å²) in [7, 11) is 0. The Morgan fingerprint density at radius 1 is 1.36 bits per heavy atom. The van der Waals surface area contributed by atoms with Gasteiger partial charge in [-0.1, -0.05) is 18.0 Å². The van der Waals surface area contributed by atoms with E-state index in [4.69, 9.17) is 11.6 Å². The first kappa shape index (κ1) is 17.8. The number of hydrogen-bond acceptors (Lipinski definition) is 6. The SMILES string of the molecule is O=C(Nc1nc(CN2CCCCC2)cs1)c1ccc([N+](=O)[O-])cc1Cl. The summed E-state index contributed by atoms with van der Waals surface area (Å²) < 4.78 is 0. The smallest absolute Gasteiger partial charge is 0.270 e. The van der Waals surface area contributed by atoms with Gasteiger partial charge in [0.1, 0.15) is 0 Å². The van der Waals surface area contributed by atoms with Crippen molar-refractivity contribution in [3.63, 3.8) is 0 Å². The summed E-state index contributed by atoms with van der Waals surface area (Å²) in [5.41, 5.74) is 0.955. The Bertz CT molecular complexity index is 789. The van der Waals surface area contributed by atoms with E-state index < -0.39 is 10.8 Å². The molecule has 0 aliphatic carbocycles. The Balaban J connectivity index is 1.64. The van der Waals surface area contributed by atoms with Crippen LogP contribution in [0.5, 0.6) is 0 Å². The first-order valence-electron chi connectivity index (χ1n) is 7.95. The molecule has 0 bridgehead atoms. The largest absolute Gasteiger partial charge is 0.298 e. The zero-order valence-electron chi connectivity index (χ0n) is 13.4. The van der Waals surface area contributed by atoms with Crippen LogP contribution in [0, 0.1) is 10.1 Å². The fourth-order valence-electron chi connectivity index (χ4n) is 2.75. The third-order valence-corrected chi connectivity index (χ3v) is 5.13. The number of hydrogen-bond donors (Lipinski definition) is 1. The molecular formula is C16H17ClN4O3S. The van der Waals surface area contributed by atoms with E-state index in [0.29, 0.717) is 5.13 Å². The van der Waals surface area contributed by atoms with Gasteiger partial charge in [0.15, 0.2) is 5.13 Å². The number of rotatable bonds is 5. The van der Waals surface area contributed by atoms with Crippen LogP contribution in [0.25, 0.3) is 0 Å². The van der Waals surface area contributed by atoms with Gasteiger partial charge in [0.2, 0.25) is 0 Å². The zero-order chi connectivity index (χ0) is 17.8. The number of nitrogens with one attached hydrogen (secondary N) is 1. The van der Waals surface area contributed by atoms with Gasteiger partial charge in [0, 0.05) is 24.1 Å². The van der Waals surface area contributed by atoms with E-state index in [0.717, 1.165) is 25.3 Å². The second kappa shape index (κ2) is 7.90. The van der Waals surface area contributed by atoms with E-state index >= 15 is 0 Å². The minimum Gasteiger partial charge on any atom is -0.298 e. The molecule has 132 valence electrons. The first-order valence-corrected chi connectivity index (χ1v) is 9.21. The van der Waals surface area contributed by atoms with Crippen molar-refractivity contribution >= 4 is 39.7 Å². The lowest BCUT2D eigenvalue weighted by atomic mass is 10.1. The molecule has 2 heterocycles. The highest BCUT2D eigenvalue weighted by Gasteiger charge is 2.17. The lowest BCUT2D eigenvalue weighted by Crippen LogP contribution is -2.29. The van der Waals surface area contributed by atoms with E-state index in [2.05, 4.69) is 15.2 Å². The van der Waals surface area contributed by atoms with Gasteiger partial charge >= 0.3 is 0 Å². The number of likely N-dealkylation sites (tertiary alicyclic amines) is 1. The third kappa shape index (κ3) is 4.53. The Hall–Kier alpha value is -2.03. The number of benzene rings is 1. The Labute approximate surface area is 153 Å². The van der Waals surface area contributed by atoms with Gasteiger partial charge in [-0.15, -0.1) is 11.3 Å². The molecule has 0 saturated carbocycles. The van der Waals surface area contributed by atoms with Crippen LogP contribution >= 0.6 is 22.9 Å². The van der Waals surface area contributed by atoms with Crippen molar-refractivity contribution in [3.05, 3.63) is 50.0 Å². The summed E-state index contributed by atoms with van der Waals surface area (Å²) in [6.45, 7) is 2.94. The predicted molar refractivity (Wildman–Crippen MR) is 97.3 cm³/mol. The normalized spacial score (nSPS) is 15.1. The first-order chi connectivity index (χ1) is 12.0. The highest BCUT2D eigenvalue weighted by molar-refractivity contribution is 7.14. The van der Waals surface area contributed by atoms with E-state index in [-0.39, 0.29) is 16.3 Å². The number of nitrogens with zero attached hydrogens (tertiary/aromatic N) is 3. The van der Waals surface area contributed by atoms with Gasteiger partial charge in [-0.05, 0) is 32.0 Å². The molecule has 0 radical (unpaired) electrons. The van der Waals surface area contributed by atoms with Gasteiger partial charge in [0.25, 0.3) is 11.6 Å². The van der Waals surface area contributed by atoms with Gasteiger partial charge in [0.05, 0.1) is 21.2 Å². The molecule has 7 nitrogen and oxygen atoms in total. The fraction of sp³-hybridized carbons (Fsp3) is 0.375. The van der Waals surface area contributed by atoms with E-state index in [1.807, 2.05) is 5.38 Å². The lowest BCUT2D eigenvalue weighted by Gasteiger charge is -2.25. The average molecular weight is 381 g/mol. The molecule has 1 aliphatic rings. The molecule has 25 heavy (non-hydrogen) atoms. The van der Waals surface area contributed by atoms with E-state index in [1.165, 1.54) is 48.8 Å². The molecule has 3 rings (SSSR count). The second-order valence-corrected chi connectivity index (χ2v) is 7.12. The van der Waals surface area contributed by atoms with Crippen molar-refractivity contribution in [2.45, 2.75) is 25.8 Å². The molecule has 1 aromatic carbocycles. The summed E-state index contributed by atoms with van der Waals surface area (Å²) in [6, 6.07) is 3.77. The number of non-ortho nitro benzene ring substituents is 1. The highest BCUT2D eigenvalue weighted by Crippen LogP contribution is 2.24. The number of nitro benzene ring substituents is 1. The van der Waals surface area contributed by atoms with Crippen molar-refractivity contribution in [3.8, 4) is 0 Å². The van der Waals surface area contributed by atoms with Crippen LogP contribution in [-0.2, 0) is 6.54 Å². The van der Waals surface area contributed by atoms with Crippen LogP contribution in [0.2, 0.25) is 5.02 Å². The molecule has 0 atom stereocenters. The summed E-state index contributed by atoms with van der Waals surface area (Å²) >= 11 is 7.33. The summed E-state index contributed by atoms with van der Waals surface area (Å²) in [4.78, 5) is 29.3. The molecule has 9 heteroatoms. The number of aromatic nitrogens is 1. The Morgan fingerprint density at radius 3 is 2.80 bits per heavy atom. The second-order valence-electron chi connectivity index (χ2n) is 5.86. The molecule has 1 fully saturated rings. The van der Waals surface area contributed by atoms with Gasteiger partial charge < -0.3 is 0 Å². The van der Waals surface area contributed by atoms with Crippen molar-refractivity contribution < 1.29 is 9.72 Å². The van der Waals surface area contributed by atoms with E-state index in [1.54, 1.807) is 0 Å². The maximum Gasteiger partial charge on any atom is 0.270 e. The molecule has 1 saturated heterocycles. The predicted octanol–water partition coefficient (Wildman–Crippen LogP) is 3.94. The quantitative estimate of drug-likeness (QED) is 0.626. The number of nitro groups is 1. The van der Waals surface area contributed by atoms with Crippen LogP contribution in [0.3, 0.4) is 0 Å². The number of piperidine rings is 1. The Kier molecular flexibility index (Phi) is 5.62. The molecule has 1 N–H and O–H groups in total. The number of anilines is 1. The van der Waals surface area contributed by atoms with Crippen LogP contribution in [0.1, 0.15) is 35.3 Å². The highest BCUT2D eigenvalue weighted by atomic mass is 35.5. The monoisotopic (exact) mass is 380 g/mol. The van der Waals surface area contributed by atoms with E-state index in [9.17, 15) is 14.9 Å².